The highest BCUT2D eigenvalue weighted by molar-refractivity contribution is 7.99. The van der Waals surface area contributed by atoms with Crippen molar-refractivity contribution in [2.24, 2.45) is 0 Å². The van der Waals surface area contributed by atoms with Crippen molar-refractivity contribution in [1.29, 1.82) is 0 Å². The molecular formula is C21H19N5OS2. The fourth-order valence-electron chi connectivity index (χ4n) is 2.82. The van der Waals surface area contributed by atoms with Crippen molar-refractivity contribution in [2.75, 3.05) is 11.1 Å². The van der Waals surface area contributed by atoms with Crippen LogP contribution in [0.5, 0.6) is 0 Å². The first kappa shape index (κ1) is 19.4. The lowest BCUT2D eigenvalue weighted by atomic mass is 10.1. The predicted molar refractivity (Wildman–Crippen MR) is 118 cm³/mol. The van der Waals surface area contributed by atoms with Crippen LogP contribution < -0.4 is 5.32 Å². The summed E-state index contributed by atoms with van der Waals surface area (Å²) in [4.78, 5) is 25.4. The normalized spacial score (nSPS) is 10.8. The van der Waals surface area contributed by atoms with Crippen LogP contribution in [0.3, 0.4) is 0 Å². The summed E-state index contributed by atoms with van der Waals surface area (Å²) in [5.74, 6) is 0.140. The molecular weight excluding hydrogens is 402 g/mol. The Morgan fingerprint density at radius 1 is 1.24 bits per heavy atom. The van der Waals surface area contributed by atoms with Gasteiger partial charge in [-0.25, -0.2) is 9.97 Å². The number of hydrogen-bond acceptors (Lipinski definition) is 6. The number of amides is 1. The molecule has 6 nitrogen and oxygen atoms in total. The summed E-state index contributed by atoms with van der Waals surface area (Å²) in [5, 5.41) is 6.13. The molecule has 3 heterocycles. The van der Waals surface area contributed by atoms with Crippen molar-refractivity contribution >= 4 is 34.1 Å². The van der Waals surface area contributed by atoms with E-state index in [4.69, 9.17) is 0 Å². The van der Waals surface area contributed by atoms with Gasteiger partial charge in [0.15, 0.2) is 10.3 Å². The standard InChI is InChI=1S/C21H19N5OS2/c1-14-5-6-15(2)18(10-14)26-9-8-23-21(26)29-13-19(27)25-20-24-17(12-28-20)16-4-3-7-22-11-16/h3-12H,13H2,1-2H3,(H,24,25,27). The smallest absolute Gasteiger partial charge is 0.236 e. The maximum absolute atomic E-state index is 12.4. The van der Waals surface area contributed by atoms with E-state index in [0.717, 1.165) is 27.7 Å². The largest absolute Gasteiger partial charge is 0.301 e. The number of benzene rings is 1. The average Bonchev–Trinajstić information content (AvgIpc) is 3.38. The molecule has 29 heavy (non-hydrogen) atoms. The number of rotatable bonds is 6. The Balaban J connectivity index is 1.41. The molecule has 4 aromatic rings. The molecule has 0 fully saturated rings. The van der Waals surface area contributed by atoms with Crippen molar-refractivity contribution < 1.29 is 4.79 Å². The molecule has 1 aromatic carbocycles. The number of aryl methyl sites for hydroxylation is 2. The summed E-state index contributed by atoms with van der Waals surface area (Å²) < 4.78 is 2.02. The van der Waals surface area contributed by atoms with Gasteiger partial charge in [-0.15, -0.1) is 11.3 Å². The first-order valence-corrected chi connectivity index (χ1v) is 10.9. The Morgan fingerprint density at radius 2 is 2.14 bits per heavy atom. The maximum atomic E-state index is 12.4. The van der Waals surface area contributed by atoms with Crippen molar-refractivity contribution in [3.63, 3.8) is 0 Å². The Kier molecular flexibility index (Phi) is 5.73. The van der Waals surface area contributed by atoms with Gasteiger partial charge in [0.2, 0.25) is 5.91 Å². The third-order valence-corrected chi connectivity index (χ3v) is 6.00. The van der Waals surface area contributed by atoms with Gasteiger partial charge in [-0.1, -0.05) is 23.9 Å². The number of aromatic nitrogens is 4. The van der Waals surface area contributed by atoms with Crippen LogP contribution in [0.1, 0.15) is 11.1 Å². The van der Waals surface area contributed by atoms with Crippen LogP contribution in [-0.2, 0) is 4.79 Å². The van der Waals surface area contributed by atoms with Crippen LogP contribution in [0.4, 0.5) is 5.13 Å². The van der Waals surface area contributed by atoms with E-state index in [1.807, 2.05) is 28.3 Å². The minimum atomic E-state index is -0.113. The second-order valence-corrected chi connectivity index (χ2v) is 8.29. The quantitative estimate of drug-likeness (QED) is 0.455. The van der Waals surface area contributed by atoms with E-state index in [0.29, 0.717) is 5.13 Å². The molecule has 4 rings (SSSR count). The molecule has 1 amide bonds. The third-order valence-electron chi connectivity index (χ3n) is 4.27. The van der Waals surface area contributed by atoms with E-state index in [9.17, 15) is 4.79 Å². The molecule has 0 saturated carbocycles. The van der Waals surface area contributed by atoms with Gasteiger partial charge in [0.25, 0.3) is 0 Å². The predicted octanol–water partition coefficient (Wildman–Crippen LogP) is 4.74. The van der Waals surface area contributed by atoms with Crippen LogP contribution in [0.15, 0.2) is 65.7 Å². The third kappa shape index (κ3) is 4.55. The molecule has 0 aliphatic carbocycles. The number of pyridine rings is 1. The van der Waals surface area contributed by atoms with Crippen molar-refractivity contribution in [3.8, 4) is 16.9 Å². The number of thiazole rings is 1. The Bertz CT molecular complexity index is 1140. The fourth-order valence-corrected chi connectivity index (χ4v) is 4.32. The summed E-state index contributed by atoms with van der Waals surface area (Å²) in [5.41, 5.74) is 5.14. The van der Waals surface area contributed by atoms with Gasteiger partial charge < -0.3 is 5.32 Å². The molecule has 0 aliphatic rings. The molecule has 3 aromatic heterocycles. The van der Waals surface area contributed by atoms with E-state index in [1.54, 1.807) is 18.6 Å². The monoisotopic (exact) mass is 421 g/mol. The Labute approximate surface area is 177 Å². The lowest BCUT2D eigenvalue weighted by Gasteiger charge is -2.11. The van der Waals surface area contributed by atoms with Gasteiger partial charge >= 0.3 is 0 Å². The zero-order valence-corrected chi connectivity index (χ0v) is 17.6. The van der Waals surface area contributed by atoms with Gasteiger partial charge in [0.1, 0.15) is 0 Å². The molecule has 0 aliphatic heterocycles. The number of carbonyl (C=O) groups excluding carboxylic acids is 1. The second-order valence-electron chi connectivity index (χ2n) is 6.49. The summed E-state index contributed by atoms with van der Waals surface area (Å²) in [6.45, 7) is 4.13. The number of anilines is 1. The van der Waals surface area contributed by atoms with Gasteiger partial charge in [-0.2, -0.15) is 0 Å². The van der Waals surface area contributed by atoms with Crippen LogP contribution in [0.2, 0.25) is 0 Å². The van der Waals surface area contributed by atoms with E-state index < -0.39 is 0 Å². The minimum absolute atomic E-state index is 0.113. The van der Waals surface area contributed by atoms with Crippen molar-refractivity contribution in [2.45, 2.75) is 19.0 Å². The Morgan fingerprint density at radius 3 is 2.97 bits per heavy atom. The maximum Gasteiger partial charge on any atom is 0.236 e. The molecule has 0 spiro atoms. The van der Waals surface area contributed by atoms with Crippen molar-refractivity contribution in [3.05, 3.63) is 71.6 Å². The average molecular weight is 422 g/mol. The molecule has 1 N–H and O–H groups in total. The second kappa shape index (κ2) is 8.59. The molecule has 0 atom stereocenters. The molecule has 0 bridgehead atoms. The number of nitrogens with one attached hydrogen (secondary N) is 1. The molecule has 0 unspecified atom stereocenters. The highest BCUT2D eigenvalue weighted by atomic mass is 32.2. The lowest BCUT2D eigenvalue weighted by molar-refractivity contribution is -0.113. The zero-order chi connectivity index (χ0) is 20.2. The first-order valence-electron chi connectivity index (χ1n) is 9.00. The van der Waals surface area contributed by atoms with E-state index >= 15 is 0 Å². The minimum Gasteiger partial charge on any atom is -0.301 e. The molecule has 146 valence electrons. The molecule has 0 saturated heterocycles. The number of thioether (sulfide) groups is 1. The topological polar surface area (TPSA) is 72.7 Å². The summed E-state index contributed by atoms with van der Waals surface area (Å²) in [6.07, 6.45) is 7.15. The SMILES string of the molecule is Cc1ccc(C)c(-n2ccnc2SCC(=O)Nc2nc(-c3cccnc3)cs2)c1. The summed E-state index contributed by atoms with van der Waals surface area (Å²) in [6, 6.07) is 10.1. The lowest BCUT2D eigenvalue weighted by Crippen LogP contribution is -2.14. The fraction of sp³-hybridized carbons (Fsp3) is 0.143. The highest BCUT2D eigenvalue weighted by Gasteiger charge is 2.12. The number of carbonyl (C=O) groups is 1. The molecule has 0 radical (unpaired) electrons. The number of nitrogens with zero attached hydrogens (tertiary/aromatic N) is 4. The van der Waals surface area contributed by atoms with Crippen LogP contribution in [-0.4, -0.2) is 31.2 Å². The first-order chi connectivity index (χ1) is 14.1. The Hall–Kier alpha value is -2.97. The van der Waals surface area contributed by atoms with Crippen molar-refractivity contribution in [1.82, 2.24) is 19.5 Å². The van der Waals surface area contributed by atoms with Crippen LogP contribution in [0.25, 0.3) is 16.9 Å². The van der Waals surface area contributed by atoms with Gasteiger partial charge in [-0.3, -0.25) is 14.3 Å². The summed E-state index contributed by atoms with van der Waals surface area (Å²) >= 11 is 2.80. The highest BCUT2D eigenvalue weighted by Crippen LogP contribution is 2.26. The zero-order valence-electron chi connectivity index (χ0n) is 16.0. The number of imidazole rings is 1. The van der Waals surface area contributed by atoms with E-state index in [-0.39, 0.29) is 11.7 Å². The van der Waals surface area contributed by atoms with Gasteiger partial charge in [0, 0.05) is 35.7 Å². The van der Waals surface area contributed by atoms with Crippen LogP contribution in [0, 0.1) is 13.8 Å². The number of hydrogen-bond donors (Lipinski definition) is 1. The molecule has 8 heteroatoms. The van der Waals surface area contributed by atoms with Crippen LogP contribution >= 0.6 is 23.1 Å². The van der Waals surface area contributed by atoms with E-state index in [1.165, 1.54) is 28.7 Å². The van der Waals surface area contributed by atoms with Gasteiger partial charge in [0.05, 0.1) is 17.1 Å². The van der Waals surface area contributed by atoms with E-state index in [2.05, 4.69) is 52.3 Å². The van der Waals surface area contributed by atoms with Gasteiger partial charge in [-0.05, 0) is 43.2 Å². The summed E-state index contributed by atoms with van der Waals surface area (Å²) in [7, 11) is 0.